The second-order valence-corrected chi connectivity index (χ2v) is 5.07. The molecule has 1 heterocycles. The van der Waals surface area contributed by atoms with E-state index < -0.39 is 0 Å². The van der Waals surface area contributed by atoms with Crippen LogP contribution in [0.15, 0.2) is 30.3 Å². The maximum Gasteiger partial charge on any atom is 0.307 e. The van der Waals surface area contributed by atoms with Gasteiger partial charge in [-0.1, -0.05) is 18.2 Å². The SMILES string of the molecule is COC(=O)CCN(C)C(=O)Cn1c(C)cc2ccccc21. The molecule has 0 N–H and O–H groups in total. The predicted molar refractivity (Wildman–Crippen MR) is 80.9 cm³/mol. The molecule has 5 nitrogen and oxygen atoms in total. The van der Waals surface area contributed by atoms with Crippen LogP contribution in [0.5, 0.6) is 0 Å². The van der Waals surface area contributed by atoms with Gasteiger partial charge in [0.25, 0.3) is 0 Å². The average Bonchev–Trinajstić information content (AvgIpc) is 2.80. The number of fused-ring (bicyclic) bond motifs is 1. The first kappa shape index (κ1) is 15.1. The number of carbonyl (C=O) groups is 2. The highest BCUT2D eigenvalue weighted by Gasteiger charge is 2.14. The number of methoxy groups -OCH3 is 1. The van der Waals surface area contributed by atoms with E-state index in [0.29, 0.717) is 6.54 Å². The molecule has 2 aromatic rings. The Hall–Kier alpha value is -2.30. The standard InChI is InChI=1S/C16H20N2O3/c1-12-10-13-6-4-5-7-14(13)18(12)11-15(19)17(2)9-8-16(20)21-3/h4-7,10H,8-9,11H2,1-3H3. The van der Waals surface area contributed by atoms with Crippen molar-refractivity contribution in [2.24, 2.45) is 0 Å². The number of hydrogen-bond acceptors (Lipinski definition) is 3. The van der Waals surface area contributed by atoms with Crippen molar-refractivity contribution in [3.8, 4) is 0 Å². The fraction of sp³-hybridized carbons (Fsp3) is 0.375. The molecule has 0 unspecified atom stereocenters. The lowest BCUT2D eigenvalue weighted by atomic mass is 10.2. The number of aromatic nitrogens is 1. The summed E-state index contributed by atoms with van der Waals surface area (Å²) in [5.74, 6) is -0.333. The highest BCUT2D eigenvalue weighted by Crippen LogP contribution is 2.19. The molecule has 1 amide bonds. The molecule has 0 saturated heterocycles. The molecular weight excluding hydrogens is 268 g/mol. The van der Waals surface area contributed by atoms with Crippen molar-refractivity contribution in [1.82, 2.24) is 9.47 Å². The molecule has 0 atom stereocenters. The minimum Gasteiger partial charge on any atom is -0.469 e. The molecule has 0 aliphatic carbocycles. The van der Waals surface area contributed by atoms with E-state index >= 15 is 0 Å². The normalized spacial score (nSPS) is 10.6. The summed E-state index contributed by atoms with van der Waals surface area (Å²) in [5.41, 5.74) is 2.09. The first-order valence-corrected chi connectivity index (χ1v) is 6.88. The topological polar surface area (TPSA) is 51.5 Å². The summed E-state index contributed by atoms with van der Waals surface area (Å²) in [6.45, 7) is 2.63. The van der Waals surface area contributed by atoms with Gasteiger partial charge in [-0.2, -0.15) is 0 Å². The van der Waals surface area contributed by atoms with Gasteiger partial charge in [-0.05, 0) is 24.4 Å². The van der Waals surface area contributed by atoms with Gasteiger partial charge in [0.05, 0.1) is 13.5 Å². The van der Waals surface area contributed by atoms with E-state index in [1.54, 1.807) is 11.9 Å². The van der Waals surface area contributed by atoms with Gasteiger partial charge in [0.2, 0.25) is 5.91 Å². The smallest absolute Gasteiger partial charge is 0.307 e. The molecule has 112 valence electrons. The van der Waals surface area contributed by atoms with Crippen LogP contribution in [0.1, 0.15) is 12.1 Å². The van der Waals surface area contributed by atoms with Crippen LogP contribution in [0.3, 0.4) is 0 Å². The summed E-state index contributed by atoms with van der Waals surface area (Å²) in [4.78, 5) is 24.9. The van der Waals surface area contributed by atoms with Crippen molar-refractivity contribution < 1.29 is 14.3 Å². The van der Waals surface area contributed by atoms with Gasteiger partial charge >= 0.3 is 5.97 Å². The first-order valence-electron chi connectivity index (χ1n) is 6.88. The highest BCUT2D eigenvalue weighted by atomic mass is 16.5. The number of esters is 1. The molecule has 21 heavy (non-hydrogen) atoms. The third kappa shape index (κ3) is 3.42. The number of benzene rings is 1. The van der Waals surface area contributed by atoms with Gasteiger partial charge in [0, 0.05) is 24.8 Å². The zero-order valence-corrected chi connectivity index (χ0v) is 12.6. The molecule has 0 spiro atoms. The van der Waals surface area contributed by atoms with Crippen LogP contribution in [0.2, 0.25) is 0 Å². The molecule has 1 aromatic heterocycles. The van der Waals surface area contributed by atoms with Gasteiger partial charge < -0.3 is 14.2 Å². The average molecular weight is 288 g/mol. The van der Waals surface area contributed by atoms with Crippen LogP contribution in [0.25, 0.3) is 10.9 Å². The lowest BCUT2D eigenvalue weighted by Gasteiger charge is -2.18. The maximum absolute atomic E-state index is 12.3. The van der Waals surface area contributed by atoms with Gasteiger partial charge in [-0.3, -0.25) is 9.59 Å². The summed E-state index contributed by atoms with van der Waals surface area (Å²) < 4.78 is 6.57. The van der Waals surface area contributed by atoms with E-state index in [0.717, 1.165) is 16.6 Å². The second kappa shape index (κ2) is 6.43. The molecule has 5 heteroatoms. The van der Waals surface area contributed by atoms with Crippen molar-refractivity contribution in [2.45, 2.75) is 19.9 Å². The molecule has 0 aliphatic heterocycles. The Balaban J connectivity index is 2.07. The van der Waals surface area contributed by atoms with Crippen LogP contribution >= 0.6 is 0 Å². The highest BCUT2D eigenvalue weighted by molar-refractivity contribution is 5.84. The van der Waals surface area contributed by atoms with Crippen LogP contribution in [0.4, 0.5) is 0 Å². The molecule has 0 saturated carbocycles. The first-order chi connectivity index (χ1) is 10.0. The van der Waals surface area contributed by atoms with Gasteiger partial charge in [0.1, 0.15) is 6.54 Å². The molecule has 0 aliphatic rings. The van der Waals surface area contributed by atoms with Crippen LogP contribution in [-0.2, 0) is 20.9 Å². The second-order valence-electron chi connectivity index (χ2n) is 5.07. The molecule has 2 rings (SSSR count). The van der Waals surface area contributed by atoms with Crippen molar-refractivity contribution in [3.05, 3.63) is 36.0 Å². The van der Waals surface area contributed by atoms with Gasteiger partial charge in [0.15, 0.2) is 0 Å². The fourth-order valence-corrected chi connectivity index (χ4v) is 2.30. The molecular formula is C16H20N2O3. The minimum absolute atomic E-state index is 0.0247. The predicted octanol–water partition coefficient (Wildman–Crippen LogP) is 1.97. The summed E-state index contributed by atoms with van der Waals surface area (Å²) in [6.07, 6.45) is 0.212. The Bertz CT molecular complexity index is 661. The number of hydrogen-bond donors (Lipinski definition) is 0. The van der Waals surface area contributed by atoms with E-state index in [4.69, 9.17) is 0 Å². The Morgan fingerprint density at radius 3 is 2.71 bits per heavy atom. The summed E-state index contributed by atoms with van der Waals surface area (Å²) >= 11 is 0. The zero-order chi connectivity index (χ0) is 15.4. The third-order valence-corrected chi connectivity index (χ3v) is 3.62. The number of likely N-dealkylation sites (N-methyl/N-ethyl adjacent to an activating group) is 1. The van der Waals surface area contributed by atoms with Crippen LogP contribution in [0, 0.1) is 6.92 Å². The summed E-state index contributed by atoms with van der Waals surface area (Å²) in [5, 5.41) is 1.13. The number of nitrogens with zero attached hydrogens (tertiary/aromatic N) is 2. The molecule has 0 bridgehead atoms. The number of rotatable bonds is 5. The van der Waals surface area contributed by atoms with Gasteiger partial charge in [-0.15, -0.1) is 0 Å². The van der Waals surface area contributed by atoms with Crippen molar-refractivity contribution >= 4 is 22.8 Å². The number of aryl methyl sites for hydroxylation is 1. The van der Waals surface area contributed by atoms with E-state index in [-0.39, 0.29) is 24.8 Å². The number of amides is 1. The molecule has 1 aromatic carbocycles. The zero-order valence-electron chi connectivity index (χ0n) is 12.6. The lowest BCUT2D eigenvalue weighted by molar-refractivity contribution is -0.141. The lowest BCUT2D eigenvalue weighted by Crippen LogP contribution is -2.32. The molecule has 0 fully saturated rings. The Morgan fingerprint density at radius 2 is 2.00 bits per heavy atom. The maximum atomic E-state index is 12.3. The summed E-state index contributed by atoms with van der Waals surface area (Å²) in [7, 11) is 3.05. The van der Waals surface area contributed by atoms with Gasteiger partial charge in [-0.25, -0.2) is 0 Å². The summed E-state index contributed by atoms with van der Waals surface area (Å²) in [6, 6.07) is 10.0. The van der Waals surface area contributed by atoms with Crippen molar-refractivity contribution in [2.75, 3.05) is 20.7 Å². The molecule has 0 radical (unpaired) electrons. The van der Waals surface area contributed by atoms with Crippen molar-refractivity contribution in [3.63, 3.8) is 0 Å². The monoisotopic (exact) mass is 288 g/mol. The Kier molecular flexibility index (Phi) is 4.62. The van der Waals surface area contributed by atoms with E-state index in [1.165, 1.54) is 7.11 Å². The number of ether oxygens (including phenoxy) is 1. The number of carbonyl (C=O) groups excluding carboxylic acids is 2. The van der Waals surface area contributed by atoms with E-state index in [2.05, 4.69) is 10.8 Å². The van der Waals surface area contributed by atoms with Crippen LogP contribution < -0.4 is 0 Å². The Morgan fingerprint density at radius 1 is 1.29 bits per heavy atom. The van der Waals surface area contributed by atoms with Crippen LogP contribution in [-0.4, -0.2) is 42.0 Å². The fourth-order valence-electron chi connectivity index (χ4n) is 2.30. The van der Waals surface area contributed by atoms with Crippen molar-refractivity contribution in [1.29, 1.82) is 0 Å². The number of para-hydroxylation sites is 1. The van der Waals surface area contributed by atoms with E-state index in [1.807, 2.05) is 35.8 Å². The largest absolute Gasteiger partial charge is 0.469 e. The minimum atomic E-state index is -0.308. The Labute approximate surface area is 124 Å². The third-order valence-electron chi connectivity index (χ3n) is 3.62. The van der Waals surface area contributed by atoms with E-state index in [9.17, 15) is 9.59 Å². The quantitative estimate of drug-likeness (QED) is 0.790.